The summed E-state index contributed by atoms with van der Waals surface area (Å²) in [5.74, 6) is 2.62. The first kappa shape index (κ1) is 26.6. The summed E-state index contributed by atoms with van der Waals surface area (Å²) in [7, 11) is 0. The van der Waals surface area contributed by atoms with Crippen LogP contribution in [0.3, 0.4) is 0 Å². The third-order valence-corrected chi connectivity index (χ3v) is 8.20. The number of nitrogens with one attached hydrogen (secondary N) is 3. The van der Waals surface area contributed by atoms with E-state index in [0.29, 0.717) is 29.2 Å². The van der Waals surface area contributed by atoms with Crippen molar-refractivity contribution in [2.24, 2.45) is 17.8 Å². The maximum atomic E-state index is 11.2. The molecule has 0 saturated heterocycles. The van der Waals surface area contributed by atoms with Gasteiger partial charge in [-0.1, -0.05) is 48.9 Å². The lowest BCUT2D eigenvalue weighted by Crippen LogP contribution is -2.33. The van der Waals surface area contributed by atoms with Crippen molar-refractivity contribution < 1.29 is 9.90 Å². The van der Waals surface area contributed by atoms with Crippen LogP contribution in [0.4, 0.5) is 10.6 Å². The van der Waals surface area contributed by atoms with Crippen LogP contribution in [0.1, 0.15) is 69.1 Å². The fourth-order valence-electron chi connectivity index (χ4n) is 5.61. The molecule has 2 aromatic heterocycles. The number of hydrogen-bond donors (Lipinski definition) is 4. The zero-order valence-electron chi connectivity index (χ0n) is 22.4. The lowest BCUT2D eigenvalue weighted by Gasteiger charge is -2.32. The van der Waals surface area contributed by atoms with E-state index in [0.717, 1.165) is 49.1 Å². The van der Waals surface area contributed by atoms with E-state index in [1.54, 1.807) is 0 Å². The molecule has 9 heteroatoms. The molecule has 0 radical (unpaired) electrons. The molecule has 0 aliphatic heterocycles. The average molecular weight is 528 g/mol. The molecule has 39 heavy (non-hydrogen) atoms. The average Bonchev–Trinajstić information content (AvgIpc) is 3.24. The summed E-state index contributed by atoms with van der Waals surface area (Å²) in [6.07, 6.45) is 12.9. The number of carbonyl (C=O) groups is 1. The highest BCUT2D eigenvalue weighted by molar-refractivity contribution is 6.03. The Morgan fingerprint density at radius 1 is 1.13 bits per heavy atom. The molecule has 2 aliphatic rings. The SMILES string of the molecule is C=C[C@H]1CC[C@H](Cn2c(/C=C/c3ccccc3)nc3nc(C(=N)NC(=O)O)nc(N[C@H](C)C4CCC4)c32)CC1. The molecule has 0 unspecified atom stereocenters. The molecule has 3 aromatic rings. The number of amidine groups is 1. The number of amides is 1. The van der Waals surface area contributed by atoms with E-state index in [1.165, 1.54) is 19.3 Å². The Bertz CT molecular complexity index is 1370. The summed E-state index contributed by atoms with van der Waals surface area (Å²) in [6, 6.07) is 10.3. The summed E-state index contributed by atoms with van der Waals surface area (Å²) < 4.78 is 2.21. The van der Waals surface area contributed by atoms with Gasteiger partial charge in [-0.2, -0.15) is 0 Å². The Labute approximate surface area is 229 Å². The van der Waals surface area contributed by atoms with Gasteiger partial charge >= 0.3 is 6.09 Å². The maximum Gasteiger partial charge on any atom is 0.410 e. The van der Waals surface area contributed by atoms with Crippen LogP contribution in [0.25, 0.3) is 23.3 Å². The fraction of sp³-hybridized carbons (Fsp3) is 0.433. The molecule has 0 bridgehead atoms. The van der Waals surface area contributed by atoms with Crippen molar-refractivity contribution in [1.82, 2.24) is 24.8 Å². The topological polar surface area (TPSA) is 129 Å². The molecule has 0 spiro atoms. The van der Waals surface area contributed by atoms with Crippen LogP contribution in [0.5, 0.6) is 0 Å². The minimum Gasteiger partial charge on any atom is -0.465 e. The van der Waals surface area contributed by atoms with Crippen molar-refractivity contribution in [1.29, 1.82) is 5.41 Å². The smallest absolute Gasteiger partial charge is 0.410 e. The lowest BCUT2D eigenvalue weighted by atomic mass is 9.80. The summed E-state index contributed by atoms with van der Waals surface area (Å²) in [6.45, 7) is 6.94. The number of nitrogens with zero attached hydrogens (tertiary/aromatic N) is 4. The van der Waals surface area contributed by atoms with Crippen molar-refractivity contribution in [3.8, 4) is 0 Å². The van der Waals surface area contributed by atoms with Crippen LogP contribution in [-0.2, 0) is 6.54 Å². The number of imidazole rings is 1. The van der Waals surface area contributed by atoms with Gasteiger partial charge < -0.3 is 15.0 Å². The molecule has 9 nitrogen and oxygen atoms in total. The van der Waals surface area contributed by atoms with E-state index < -0.39 is 6.09 Å². The first-order valence-corrected chi connectivity index (χ1v) is 13.9. The van der Waals surface area contributed by atoms with E-state index in [4.69, 9.17) is 10.4 Å². The van der Waals surface area contributed by atoms with E-state index in [2.05, 4.69) is 44.7 Å². The third kappa shape index (κ3) is 6.19. The van der Waals surface area contributed by atoms with Gasteiger partial charge in [0.2, 0.25) is 0 Å². The fourth-order valence-corrected chi connectivity index (χ4v) is 5.61. The van der Waals surface area contributed by atoms with E-state index in [-0.39, 0.29) is 17.7 Å². The van der Waals surface area contributed by atoms with Crippen molar-refractivity contribution in [2.45, 2.75) is 64.5 Å². The maximum absolute atomic E-state index is 11.2. The summed E-state index contributed by atoms with van der Waals surface area (Å²) >= 11 is 0. The van der Waals surface area contributed by atoms with Gasteiger partial charge in [0.1, 0.15) is 11.3 Å². The summed E-state index contributed by atoms with van der Waals surface area (Å²) in [5.41, 5.74) is 2.32. The summed E-state index contributed by atoms with van der Waals surface area (Å²) in [5, 5.41) is 23.1. The van der Waals surface area contributed by atoms with Gasteiger partial charge in [0.15, 0.2) is 23.1 Å². The van der Waals surface area contributed by atoms with Crippen molar-refractivity contribution >= 4 is 41.1 Å². The van der Waals surface area contributed by atoms with Gasteiger partial charge in [0, 0.05) is 12.6 Å². The van der Waals surface area contributed by atoms with Crippen LogP contribution < -0.4 is 10.6 Å². The number of allylic oxidation sites excluding steroid dienone is 1. The monoisotopic (exact) mass is 527 g/mol. The van der Waals surface area contributed by atoms with E-state index in [9.17, 15) is 9.90 Å². The second-order valence-corrected chi connectivity index (χ2v) is 10.8. The molecule has 204 valence electrons. The van der Waals surface area contributed by atoms with Crippen LogP contribution in [0.2, 0.25) is 0 Å². The molecular weight excluding hydrogens is 490 g/mol. The molecule has 2 saturated carbocycles. The minimum atomic E-state index is -1.33. The number of carboxylic acid groups (broad SMARTS) is 1. The molecule has 1 amide bonds. The highest BCUT2D eigenvalue weighted by Crippen LogP contribution is 2.35. The Hall–Kier alpha value is -4.01. The Morgan fingerprint density at radius 2 is 1.87 bits per heavy atom. The third-order valence-electron chi connectivity index (χ3n) is 8.20. The Balaban J connectivity index is 1.59. The van der Waals surface area contributed by atoms with E-state index >= 15 is 0 Å². The zero-order chi connectivity index (χ0) is 27.4. The van der Waals surface area contributed by atoms with Gasteiger partial charge in [0.25, 0.3) is 0 Å². The zero-order valence-corrected chi connectivity index (χ0v) is 22.4. The lowest BCUT2D eigenvalue weighted by molar-refractivity contribution is 0.200. The van der Waals surface area contributed by atoms with Crippen LogP contribution >= 0.6 is 0 Å². The molecule has 5 rings (SSSR count). The Morgan fingerprint density at radius 3 is 2.51 bits per heavy atom. The summed E-state index contributed by atoms with van der Waals surface area (Å²) in [4.78, 5) is 25.3. The molecule has 4 N–H and O–H groups in total. The van der Waals surface area contributed by atoms with Gasteiger partial charge in [0.05, 0.1) is 0 Å². The number of benzene rings is 1. The first-order valence-electron chi connectivity index (χ1n) is 13.9. The van der Waals surface area contributed by atoms with Crippen molar-refractivity contribution in [3.05, 3.63) is 60.2 Å². The van der Waals surface area contributed by atoms with Crippen LogP contribution in [0, 0.1) is 23.2 Å². The van der Waals surface area contributed by atoms with Crippen LogP contribution in [0.15, 0.2) is 43.0 Å². The second kappa shape index (κ2) is 11.8. The molecular formula is C30H37N7O2. The van der Waals surface area contributed by atoms with Gasteiger partial charge in [-0.15, -0.1) is 6.58 Å². The highest BCUT2D eigenvalue weighted by Gasteiger charge is 2.28. The molecule has 1 aromatic carbocycles. The van der Waals surface area contributed by atoms with Gasteiger partial charge in [-0.25, -0.2) is 19.7 Å². The number of fused-ring (bicyclic) bond motifs is 1. The number of aromatic nitrogens is 4. The van der Waals surface area contributed by atoms with Gasteiger partial charge in [-0.3, -0.25) is 10.7 Å². The normalized spacial score (nSPS) is 20.4. The molecule has 2 fully saturated rings. The quantitative estimate of drug-likeness (QED) is 0.149. The minimum absolute atomic E-state index is 0.00272. The van der Waals surface area contributed by atoms with Gasteiger partial charge in [-0.05, 0) is 74.8 Å². The van der Waals surface area contributed by atoms with Crippen molar-refractivity contribution in [2.75, 3.05) is 5.32 Å². The Kier molecular flexibility index (Phi) is 8.05. The number of hydrogen-bond acceptors (Lipinski definition) is 6. The highest BCUT2D eigenvalue weighted by atomic mass is 16.4. The molecule has 2 aliphatic carbocycles. The van der Waals surface area contributed by atoms with Crippen molar-refractivity contribution in [3.63, 3.8) is 0 Å². The molecule has 2 heterocycles. The predicted octanol–water partition coefficient (Wildman–Crippen LogP) is 6.18. The predicted molar refractivity (Wildman–Crippen MR) is 155 cm³/mol. The molecule has 1 atom stereocenters. The van der Waals surface area contributed by atoms with Crippen LogP contribution in [-0.4, -0.2) is 42.6 Å². The second-order valence-electron chi connectivity index (χ2n) is 10.8. The standard InChI is InChI=1S/C30H37N7O2/c1-3-20-12-14-22(15-13-20)18-37-24(17-16-21-8-5-4-6-9-21)33-28-25(37)27(32-19(2)23-10-7-11-23)35-29(36-28)26(31)34-30(38)39/h3-6,8-9,16-17,19-20,22-23H,1,7,10-15,18H2,2H3,(H2,31,34)(H,38,39)(H,32,35,36)/b17-16+/t19-,20-,22-/m1/s1. The number of rotatable bonds is 9. The largest absolute Gasteiger partial charge is 0.465 e. The first-order chi connectivity index (χ1) is 18.9. The number of anilines is 1. The van der Waals surface area contributed by atoms with E-state index in [1.807, 2.05) is 42.5 Å².